The van der Waals surface area contributed by atoms with E-state index in [0.717, 1.165) is 11.1 Å². The van der Waals surface area contributed by atoms with Crippen molar-refractivity contribution in [3.63, 3.8) is 0 Å². The van der Waals surface area contributed by atoms with Crippen LogP contribution in [0.3, 0.4) is 0 Å². The third kappa shape index (κ3) is 1.89. The Hall–Kier alpha value is -2.20. The summed E-state index contributed by atoms with van der Waals surface area (Å²) in [5.41, 5.74) is 2.79. The second-order valence-electron chi connectivity index (χ2n) is 4.66. The van der Waals surface area contributed by atoms with Crippen LogP contribution in [0.25, 0.3) is 0 Å². The van der Waals surface area contributed by atoms with E-state index < -0.39 is 11.7 Å². The summed E-state index contributed by atoms with van der Waals surface area (Å²) < 4.78 is 0. The first-order valence-electron chi connectivity index (χ1n) is 6.14. The van der Waals surface area contributed by atoms with Crippen molar-refractivity contribution < 1.29 is 9.59 Å². The fourth-order valence-corrected chi connectivity index (χ4v) is 2.57. The van der Waals surface area contributed by atoms with Crippen LogP contribution in [-0.2, 0) is 11.3 Å². The second kappa shape index (κ2) is 4.72. The first-order chi connectivity index (χ1) is 9.59. The molecule has 0 saturated carbocycles. The van der Waals surface area contributed by atoms with Gasteiger partial charge in [-0.3, -0.25) is 14.6 Å². The number of aryl methyl sites for hydroxylation is 1. The summed E-state index contributed by atoms with van der Waals surface area (Å²) in [6, 6.07) is 7.08. The van der Waals surface area contributed by atoms with E-state index in [-0.39, 0.29) is 6.54 Å². The molecule has 5 heteroatoms. The third-order valence-corrected chi connectivity index (χ3v) is 3.72. The summed E-state index contributed by atoms with van der Waals surface area (Å²) in [7, 11) is 0. The number of fused-ring (bicyclic) bond motifs is 1. The zero-order chi connectivity index (χ0) is 14.3. The largest absolute Gasteiger partial charge is 0.300 e. The summed E-state index contributed by atoms with van der Waals surface area (Å²) in [6.07, 6.45) is 3.14. The molecule has 20 heavy (non-hydrogen) atoms. The van der Waals surface area contributed by atoms with Crippen molar-refractivity contribution in [1.82, 2.24) is 4.98 Å². The van der Waals surface area contributed by atoms with Gasteiger partial charge in [-0.05, 0) is 30.2 Å². The van der Waals surface area contributed by atoms with E-state index in [4.69, 9.17) is 11.6 Å². The van der Waals surface area contributed by atoms with Crippen LogP contribution in [0.15, 0.2) is 36.7 Å². The zero-order valence-corrected chi connectivity index (χ0v) is 11.5. The fraction of sp³-hybridized carbons (Fsp3) is 0.133. The number of pyridine rings is 1. The Bertz CT molecular complexity index is 728. The van der Waals surface area contributed by atoms with Crippen molar-refractivity contribution >= 4 is 29.0 Å². The van der Waals surface area contributed by atoms with Gasteiger partial charge in [-0.15, -0.1) is 0 Å². The van der Waals surface area contributed by atoms with Crippen LogP contribution >= 0.6 is 11.6 Å². The Morgan fingerprint density at radius 1 is 1.25 bits per heavy atom. The Balaban J connectivity index is 2.06. The Kier molecular flexibility index (Phi) is 3.03. The lowest BCUT2D eigenvalue weighted by atomic mass is 10.1. The highest BCUT2D eigenvalue weighted by Gasteiger charge is 2.36. The number of Topliss-reactive ketones (excluding diaryl/α,β-unsaturated/α-hetero) is 1. The molecule has 4 nitrogen and oxygen atoms in total. The Morgan fingerprint density at radius 3 is 2.80 bits per heavy atom. The number of amides is 1. The molecule has 0 radical (unpaired) electrons. The molecule has 1 aliphatic heterocycles. The number of para-hydroxylation sites is 1. The van der Waals surface area contributed by atoms with Gasteiger partial charge in [0.25, 0.3) is 11.7 Å². The molecule has 0 unspecified atom stereocenters. The quantitative estimate of drug-likeness (QED) is 0.798. The molecule has 1 aromatic heterocycles. The maximum absolute atomic E-state index is 12.1. The highest BCUT2D eigenvalue weighted by atomic mass is 35.5. The van der Waals surface area contributed by atoms with Crippen LogP contribution in [0.2, 0.25) is 5.02 Å². The topological polar surface area (TPSA) is 50.3 Å². The summed E-state index contributed by atoms with van der Waals surface area (Å²) in [5.74, 6) is -0.976. The molecule has 2 heterocycles. The van der Waals surface area contributed by atoms with Crippen molar-refractivity contribution in [1.29, 1.82) is 0 Å². The van der Waals surface area contributed by atoms with E-state index in [2.05, 4.69) is 4.98 Å². The molecule has 0 fully saturated rings. The minimum Gasteiger partial charge on any atom is -0.300 e. The lowest BCUT2D eigenvalue weighted by Gasteiger charge is -2.19. The zero-order valence-electron chi connectivity index (χ0n) is 10.8. The van der Waals surface area contributed by atoms with Crippen molar-refractivity contribution in [2.24, 2.45) is 0 Å². The summed E-state index contributed by atoms with van der Waals surface area (Å²) in [5, 5.41) is 0.481. The number of hydrogen-bond donors (Lipinski definition) is 0. The first kappa shape index (κ1) is 12.8. The monoisotopic (exact) mass is 286 g/mol. The lowest BCUT2D eigenvalue weighted by Crippen LogP contribution is -2.29. The number of carbonyl (C=O) groups is 2. The van der Waals surface area contributed by atoms with Gasteiger partial charge in [0.1, 0.15) is 0 Å². The van der Waals surface area contributed by atoms with Crippen LogP contribution < -0.4 is 4.90 Å². The van der Waals surface area contributed by atoms with E-state index in [0.29, 0.717) is 16.3 Å². The van der Waals surface area contributed by atoms with Crippen molar-refractivity contribution in [3.8, 4) is 0 Å². The predicted octanol–water partition coefficient (Wildman–Crippen LogP) is 2.77. The fourth-order valence-electron chi connectivity index (χ4n) is 2.39. The number of hydrogen-bond acceptors (Lipinski definition) is 3. The molecule has 0 N–H and O–H groups in total. The standard InChI is InChI=1S/C15H11ClN2O2/c1-9-3-2-4-11-13(9)18(15(20)14(11)19)8-10-5-6-17-7-12(10)16/h2-7H,8H2,1H3. The Morgan fingerprint density at radius 2 is 2.05 bits per heavy atom. The van der Waals surface area contributed by atoms with Crippen molar-refractivity contribution in [2.45, 2.75) is 13.5 Å². The molecule has 0 aliphatic carbocycles. The molecule has 1 aliphatic rings. The number of nitrogens with zero attached hydrogens (tertiary/aromatic N) is 2. The molecule has 0 bridgehead atoms. The van der Waals surface area contributed by atoms with Gasteiger partial charge in [-0.1, -0.05) is 23.7 Å². The highest BCUT2D eigenvalue weighted by Crippen LogP contribution is 2.34. The lowest BCUT2D eigenvalue weighted by molar-refractivity contribution is -0.114. The van der Waals surface area contributed by atoms with Crippen LogP contribution in [0, 0.1) is 6.92 Å². The minimum absolute atomic E-state index is 0.268. The number of benzene rings is 1. The maximum Gasteiger partial charge on any atom is 0.299 e. The van der Waals surface area contributed by atoms with Gasteiger partial charge >= 0.3 is 0 Å². The van der Waals surface area contributed by atoms with Gasteiger partial charge in [-0.2, -0.15) is 0 Å². The number of ketones is 1. The van der Waals surface area contributed by atoms with Gasteiger partial charge in [0, 0.05) is 12.4 Å². The van der Waals surface area contributed by atoms with Crippen molar-refractivity contribution in [3.05, 3.63) is 58.4 Å². The van der Waals surface area contributed by atoms with Crippen LogP contribution in [0.1, 0.15) is 21.5 Å². The van der Waals surface area contributed by atoms with E-state index in [1.54, 1.807) is 24.4 Å². The van der Waals surface area contributed by atoms with Gasteiger partial charge in [0.05, 0.1) is 22.8 Å². The number of anilines is 1. The van der Waals surface area contributed by atoms with Gasteiger partial charge in [0.15, 0.2) is 0 Å². The molecule has 0 atom stereocenters. The number of carbonyl (C=O) groups excluding carboxylic acids is 2. The molecular weight excluding hydrogens is 276 g/mol. The predicted molar refractivity (Wildman–Crippen MR) is 75.9 cm³/mol. The molecule has 1 aromatic carbocycles. The van der Waals surface area contributed by atoms with Crippen LogP contribution in [-0.4, -0.2) is 16.7 Å². The molecule has 3 rings (SSSR count). The second-order valence-corrected chi connectivity index (χ2v) is 5.07. The smallest absolute Gasteiger partial charge is 0.299 e. The average Bonchev–Trinajstić information content (AvgIpc) is 2.68. The molecule has 1 amide bonds. The maximum atomic E-state index is 12.1. The van der Waals surface area contributed by atoms with E-state index in [9.17, 15) is 9.59 Å². The summed E-state index contributed by atoms with van der Waals surface area (Å²) in [4.78, 5) is 29.5. The first-order valence-corrected chi connectivity index (χ1v) is 6.51. The van der Waals surface area contributed by atoms with E-state index in [1.807, 2.05) is 13.0 Å². The highest BCUT2D eigenvalue weighted by molar-refractivity contribution is 6.52. The van der Waals surface area contributed by atoms with Crippen LogP contribution in [0.4, 0.5) is 5.69 Å². The average molecular weight is 287 g/mol. The van der Waals surface area contributed by atoms with Gasteiger partial charge in [-0.25, -0.2) is 0 Å². The van der Waals surface area contributed by atoms with E-state index >= 15 is 0 Å². The van der Waals surface area contributed by atoms with Crippen LogP contribution in [0.5, 0.6) is 0 Å². The number of rotatable bonds is 2. The molecular formula is C15H11ClN2O2. The Labute approximate surface area is 121 Å². The molecule has 2 aromatic rings. The van der Waals surface area contributed by atoms with Gasteiger partial charge < -0.3 is 4.90 Å². The number of halogens is 1. The summed E-state index contributed by atoms with van der Waals surface area (Å²) in [6.45, 7) is 2.15. The van der Waals surface area contributed by atoms with Crippen molar-refractivity contribution in [2.75, 3.05) is 4.90 Å². The normalized spacial score (nSPS) is 13.8. The van der Waals surface area contributed by atoms with E-state index in [1.165, 1.54) is 11.1 Å². The summed E-state index contributed by atoms with van der Waals surface area (Å²) >= 11 is 6.07. The molecule has 0 spiro atoms. The van der Waals surface area contributed by atoms with Gasteiger partial charge in [0.2, 0.25) is 0 Å². The minimum atomic E-state index is -0.512. The molecule has 100 valence electrons. The SMILES string of the molecule is Cc1cccc2c1N(Cc1ccncc1Cl)C(=O)C2=O. The molecule has 0 saturated heterocycles. The third-order valence-electron chi connectivity index (χ3n) is 3.38. The number of aromatic nitrogens is 1.